The molecule has 1 atom stereocenters. The molecule has 1 aromatic carbocycles. The molecular formula is C15H17FN2O2. The topological polar surface area (TPSA) is 64.3 Å². The van der Waals surface area contributed by atoms with Gasteiger partial charge >= 0.3 is 5.97 Å². The maximum Gasteiger partial charge on any atom is 0.311 e. The Hall–Kier alpha value is -2.09. The number of nitrogens with zero attached hydrogens (tertiary/aromatic N) is 2. The van der Waals surface area contributed by atoms with Crippen LogP contribution in [-0.2, 0) is 4.79 Å². The normalized spacial score (nSPS) is 22.1. The molecule has 1 unspecified atom stereocenters. The number of halogens is 1. The van der Waals surface area contributed by atoms with Crippen LogP contribution < -0.4 is 4.90 Å². The van der Waals surface area contributed by atoms with E-state index in [1.807, 2.05) is 19.9 Å². The van der Waals surface area contributed by atoms with Gasteiger partial charge in [0.25, 0.3) is 0 Å². The van der Waals surface area contributed by atoms with E-state index >= 15 is 0 Å². The molecule has 0 bridgehead atoms. The highest BCUT2D eigenvalue weighted by molar-refractivity contribution is 5.77. The summed E-state index contributed by atoms with van der Waals surface area (Å²) in [7, 11) is 0. The molecule has 4 nitrogen and oxygen atoms in total. The van der Waals surface area contributed by atoms with E-state index < -0.39 is 17.2 Å². The van der Waals surface area contributed by atoms with Crippen LogP contribution in [0.3, 0.4) is 0 Å². The first-order chi connectivity index (χ1) is 9.42. The van der Waals surface area contributed by atoms with Gasteiger partial charge in [-0.3, -0.25) is 4.79 Å². The molecule has 2 rings (SSSR count). The number of anilines is 1. The van der Waals surface area contributed by atoms with E-state index in [9.17, 15) is 14.3 Å². The van der Waals surface area contributed by atoms with Crippen molar-refractivity contribution in [2.75, 3.05) is 18.0 Å². The molecule has 0 radical (unpaired) electrons. The third kappa shape index (κ3) is 2.11. The number of hydrogen-bond acceptors (Lipinski definition) is 3. The molecule has 1 fully saturated rings. The highest BCUT2D eigenvalue weighted by Crippen LogP contribution is 2.40. The van der Waals surface area contributed by atoms with E-state index in [-0.39, 0.29) is 11.5 Å². The number of carboxylic acids is 1. The van der Waals surface area contributed by atoms with Crippen LogP contribution in [0.4, 0.5) is 10.1 Å². The summed E-state index contributed by atoms with van der Waals surface area (Å²) >= 11 is 0. The van der Waals surface area contributed by atoms with Crippen LogP contribution in [0.1, 0.15) is 25.8 Å². The minimum absolute atomic E-state index is 0.0163. The van der Waals surface area contributed by atoms with Gasteiger partial charge < -0.3 is 10.0 Å². The van der Waals surface area contributed by atoms with Crippen LogP contribution >= 0.6 is 0 Å². The lowest BCUT2D eigenvalue weighted by Gasteiger charge is -2.29. The predicted molar refractivity (Wildman–Crippen MR) is 72.9 cm³/mol. The second kappa shape index (κ2) is 5.12. The van der Waals surface area contributed by atoms with Gasteiger partial charge in [0.05, 0.1) is 11.1 Å². The van der Waals surface area contributed by atoms with E-state index in [1.54, 1.807) is 17.0 Å². The zero-order valence-corrected chi connectivity index (χ0v) is 11.6. The van der Waals surface area contributed by atoms with Crippen molar-refractivity contribution in [2.45, 2.75) is 20.3 Å². The lowest BCUT2D eigenvalue weighted by atomic mass is 9.76. The molecule has 1 aliphatic rings. The zero-order chi connectivity index (χ0) is 14.9. The molecule has 0 aliphatic carbocycles. The number of carboxylic acid groups (broad SMARTS) is 1. The van der Waals surface area contributed by atoms with Gasteiger partial charge in [-0.25, -0.2) is 4.39 Å². The number of hydrogen-bond donors (Lipinski definition) is 1. The molecule has 0 aromatic heterocycles. The van der Waals surface area contributed by atoms with E-state index in [0.29, 0.717) is 25.2 Å². The summed E-state index contributed by atoms with van der Waals surface area (Å²) < 4.78 is 13.6. The predicted octanol–water partition coefficient (Wildman–Crippen LogP) is 2.63. The largest absolute Gasteiger partial charge is 0.481 e. The average molecular weight is 276 g/mol. The Bertz CT molecular complexity index is 580. The summed E-state index contributed by atoms with van der Waals surface area (Å²) in [5.74, 6) is -1.42. The first-order valence-electron chi connectivity index (χ1n) is 6.59. The van der Waals surface area contributed by atoms with E-state index in [2.05, 4.69) is 0 Å². The zero-order valence-electron chi connectivity index (χ0n) is 11.6. The van der Waals surface area contributed by atoms with Crippen LogP contribution in [0.25, 0.3) is 0 Å². The molecule has 20 heavy (non-hydrogen) atoms. The molecule has 0 saturated carbocycles. The lowest BCUT2D eigenvalue weighted by Crippen LogP contribution is -2.39. The van der Waals surface area contributed by atoms with Crippen LogP contribution in [0, 0.1) is 28.5 Å². The van der Waals surface area contributed by atoms with E-state index in [0.717, 1.165) is 0 Å². The van der Waals surface area contributed by atoms with Gasteiger partial charge in [0.15, 0.2) is 0 Å². The highest BCUT2D eigenvalue weighted by Gasteiger charge is 2.47. The van der Waals surface area contributed by atoms with Crippen molar-refractivity contribution in [1.82, 2.24) is 0 Å². The Morgan fingerprint density at radius 1 is 1.55 bits per heavy atom. The first-order valence-corrected chi connectivity index (χ1v) is 6.59. The Kier molecular flexibility index (Phi) is 3.67. The van der Waals surface area contributed by atoms with Gasteiger partial charge in [-0.05, 0) is 24.5 Å². The van der Waals surface area contributed by atoms with Gasteiger partial charge in [0.1, 0.15) is 17.4 Å². The molecule has 0 spiro atoms. The lowest BCUT2D eigenvalue weighted by molar-refractivity contribution is -0.150. The van der Waals surface area contributed by atoms with Gasteiger partial charge in [0, 0.05) is 13.1 Å². The summed E-state index contributed by atoms with van der Waals surface area (Å²) in [5.41, 5.74) is -0.368. The quantitative estimate of drug-likeness (QED) is 0.921. The van der Waals surface area contributed by atoms with Crippen LogP contribution in [0.5, 0.6) is 0 Å². The summed E-state index contributed by atoms with van der Waals surface area (Å²) in [6.45, 7) is 4.59. The average Bonchev–Trinajstić information content (AvgIpc) is 2.84. The monoisotopic (exact) mass is 276 g/mol. The van der Waals surface area contributed by atoms with Crippen molar-refractivity contribution >= 4 is 11.7 Å². The Labute approximate surface area is 117 Å². The SMILES string of the molecule is CC(C)C1(C(=O)O)CCN(c2cccc(F)c2C#N)C1. The Morgan fingerprint density at radius 3 is 2.75 bits per heavy atom. The molecule has 5 heteroatoms. The standard InChI is InChI=1S/C15H17FN2O2/c1-10(2)15(14(19)20)6-7-18(9-15)13-5-3-4-12(16)11(13)8-17/h3-5,10H,6-7,9H2,1-2H3,(H,19,20). The van der Waals surface area contributed by atoms with Gasteiger partial charge in [-0.15, -0.1) is 0 Å². The highest BCUT2D eigenvalue weighted by atomic mass is 19.1. The van der Waals surface area contributed by atoms with E-state index in [1.165, 1.54) is 6.07 Å². The molecule has 106 valence electrons. The fraction of sp³-hybridized carbons (Fsp3) is 0.467. The van der Waals surface area contributed by atoms with Crippen molar-refractivity contribution in [1.29, 1.82) is 5.26 Å². The number of nitriles is 1. The van der Waals surface area contributed by atoms with Crippen LogP contribution in [0.15, 0.2) is 18.2 Å². The number of carbonyl (C=O) groups is 1. The maximum atomic E-state index is 13.6. The molecule has 1 saturated heterocycles. The second-order valence-corrected chi connectivity index (χ2v) is 5.53. The van der Waals surface area contributed by atoms with Crippen molar-refractivity contribution in [3.05, 3.63) is 29.6 Å². The summed E-state index contributed by atoms with van der Waals surface area (Å²) in [6.07, 6.45) is 0.501. The summed E-state index contributed by atoms with van der Waals surface area (Å²) in [5, 5.41) is 18.6. The Morgan fingerprint density at radius 2 is 2.25 bits per heavy atom. The van der Waals surface area contributed by atoms with Gasteiger partial charge in [-0.2, -0.15) is 5.26 Å². The van der Waals surface area contributed by atoms with Crippen molar-refractivity contribution in [3.8, 4) is 6.07 Å². The molecule has 1 aromatic rings. The molecule has 0 amide bonds. The number of benzene rings is 1. The van der Waals surface area contributed by atoms with Gasteiger partial charge in [0.2, 0.25) is 0 Å². The number of rotatable bonds is 3. The first kappa shape index (κ1) is 14.3. The fourth-order valence-electron chi connectivity index (χ4n) is 2.82. The fourth-order valence-corrected chi connectivity index (χ4v) is 2.82. The molecule has 1 heterocycles. The van der Waals surface area contributed by atoms with Crippen molar-refractivity contribution in [2.24, 2.45) is 11.3 Å². The Balaban J connectivity index is 2.37. The summed E-state index contributed by atoms with van der Waals surface area (Å²) in [6, 6.07) is 6.31. The van der Waals surface area contributed by atoms with Crippen molar-refractivity contribution < 1.29 is 14.3 Å². The van der Waals surface area contributed by atoms with Crippen molar-refractivity contribution in [3.63, 3.8) is 0 Å². The molecule has 1 N–H and O–H groups in total. The molecule has 1 aliphatic heterocycles. The van der Waals surface area contributed by atoms with Gasteiger partial charge in [-0.1, -0.05) is 19.9 Å². The third-order valence-electron chi connectivity index (χ3n) is 4.28. The minimum atomic E-state index is -0.834. The maximum absolute atomic E-state index is 13.6. The van der Waals surface area contributed by atoms with Crippen LogP contribution in [0.2, 0.25) is 0 Å². The second-order valence-electron chi connectivity index (χ2n) is 5.53. The number of aliphatic carboxylic acids is 1. The van der Waals surface area contributed by atoms with Crippen LogP contribution in [-0.4, -0.2) is 24.2 Å². The smallest absolute Gasteiger partial charge is 0.311 e. The molecular weight excluding hydrogens is 259 g/mol. The summed E-state index contributed by atoms with van der Waals surface area (Å²) in [4.78, 5) is 13.4. The third-order valence-corrected chi connectivity index (χ3v) is 4.28. The minimum Gasteiger partial charge on any atom is -0.481 e. The van der Waals surface area contributed by atoms with E-state index in [4.69, 9.17) is 5.26 Å².